The number of rotatable bonds is 13. The molecule has 0 saturated carbocycles. The van der Waals surface area contributed by atoms with Gasteiger partial charge in [0.1, 0.15) is 0 Å². The normalized spacial score (nSPS) is 18.2. The van der Waals surface area contributed by atoms with Gasteiger partial charge in [-0.3, -0.25) is 23.5 Å². The number of amides is 4. The van der Waals surface area contributed by atoms with Crippen molar-refractivity contribution in [3.05, 3.63) is 101 Å². The molecule has 15 heteroatoms. The van der Waals surface area contributed by atoms with Crippen LogP contribution in [0.1, 0.15) is 84.5 Å². The Balaban J connectivity index is 1.62. The van der Waals surface area contributed by atoms with Gasteiger partial charge in [-0.05, 0) is 54.2 Å². The second-order valence-electron chi connectivity index (χ2n) is 14.5. The lowest BCUT2D eigenvalue weighted by Gasteiger charge is -2.30. The lowest BCUT2D eigenvalue weighted by Crippen LogP contribution is -2.51. The maximum Gasteiger partial charge on any atom is 0.253 e. The van der Waals surface area contributed by atoms with Gasteiger partial charge < -0.3 is 31.1 Å². The number of fused-ring (bicyclic) bond motifs is 4. The van der Waals surface area contributed by atoms with E-state index in [1.165, 1.54) is 37.0 Å². The average Bonchev–Trinajstić information content (AvgIpc) is 3.14. The molecule has 4 amide bonds. The van der Waals surface area contributed by atoms with Crippen LogP contribution in [0, 0.1) is 11.8 Å². The highest BCUT2D eigenvalue weighted by Crippen LogP contribution is 2.25. The SMILES string of the molecule is CC(C)S[C@H](NC(=O)[C@@H](C[C@H](O)[C@@H]1COCc2cccc(c2)C(C)NC(=O)c2cc(cc(N(C)S(C)(=O)=O)c2)C(=O)N1)C(C)C)C(=O)NCc1ccccc1. The van der Waals surface area contributed by atoms with Crippen molar-refractivity contribution in [1.29, 1.82) is 0 Å². The fourth-order valence-electron chi connectivity index (χ4n) is 6.02. The molecule has 4 bridgehead atoms. The highest BCUT2D eigenvalue weighted by atomic mass is 32.2. The third kappa shape index (κ3) is 12.5. The van der Waals surface area contributed by atoms with Crippen LogP contribution in [0.25, 0.3) is 0 Å². The van der Waals surface area contributed by atoms with E-state index < -0.39 is 57.2 Å². The number of carbonyl (C=O) groups is 4. The Morgan fingerprint density at radius 1 is 0.945 bits per heavy atom. The predicted molar refractivity (Wildman–Crippen MR) is 215 cm³/mol. The number of thioether (sulfide) groups is 1. The summed E-state index contributed by atoms with van der Waals surface area (Å²) in [5.74, 6) is -3.02. The van der Waals surface area contributed by atoms with Gasteiger partial charge >= 0.3 is 0 Å². The van der Waals surface area contributed by atoms with Crippen LogP contribution in [-0.4, -0.2) is 79.8 Å². The van der Waals surface area contributed by atoms with Gasteiger partial charge in [-0.15, -0.1) is 11.8 Å². The molecule has 298 valence electrons. The van der Waals surface area contributed by atoms with Gasteiger partial charge in [0, 0.05) is 35.9 Å². The van der Waals surface area contributed by atoms with Gasteiger partial charge in [-0.25, -0.2) is 8.42 Å². The first-order valence-electron chi connectivity index (χ1n) is 18.3. The molecule has 0 fully saturated rings. The number of hydrogen-bond donors (Lipinski definition) is 5. The zero-order chi connectivity index (χ0) is 40.4. The Hall–Kier alpha value is -4.44. The first kappa shape index (κ1) is 43.3. The molecule has 13 nitrogen and oxygen atoms in total. The van der Waals surface area contributed by atoms with E-state index in [1.807, 2.05) is 89.2 Å². The number of benzene rings is 3. The molecule has 0 aromatic heterocycles. The number of nitrogens with one attached hydrogen (secondary N) is 4. The summed E-state index contributed by atoms with van der Waals surface area (Å²) in [7, 11) is -2.45. The largest absolute Gasteiger partial charge is 0.391 e. The summed E-state index contributed by atoms with van der Waals surface area (Å²) < 4.78 is 32.0. The number of ether oxygens (including phenoxy) is 1. The van der Waals surface area contributed by atoms with Crippen LogP contribution in [-0.2, 0) is 37.5 Å². The molecular formula is C40H53N5O8S2. The number of aliphatic hydroxyl groups is 1. The first-order chi connectivity index (χ1) is 25.9. The van der Waals surface area contributed by atoms with Gasteiger partial charge in [0.25, 0.3) is 17.7 Å². The van der Waals surface area contributed by atoms with E-state index in [0.717, 1.165) is 27.3 Å². The second kappa shape index (κ2) is 19.4. The Labute approximate surface area is 328 Å². The molecule has 0 saturated heterocycles. The smallest absolute Gasteiger partial charge is 0.253 e. The maximum atomic E-state index is 13.9. The summed E-state index contributed by atoms with van der Waals surface area (Å²) >= 11 is 1.30. The molecule has 1 heterocycles. The fraction of sp³-hybridized carbons (Fsp3) is 0.450. The molecule has 4 rings (SSSR count). The molecule has 3 aromatic carbocycles. The van der Waals surface area contributed by atoms with Crippen molar-refractivity contribution in [3.63, 3.8) is 0 Å². The molecule has 1 aliphatic rings. The van der Waals surface area contributed by atoms with Gasteiger partial charge in [0.05, 0.1) is 43.3 Å². The number of aliphatic hydroxyl groups excluding tert-OH is 1. The molecular weight excluding hydrogens is 743 g/mol. The Morgan fingerprint density at radius 3 is 2.22 bits per heavy atom. The van der Waals surface area contributed by atoms with Crippen molar-refractivity contribution in [2.75, 3.05) is 24.2 Å². The van der Waals surface area contributed by atoms with Gasteiger partial charge in [-0.1, -0.05) is 82.3 Å². The van der Waals surface area contributed by atoms with Crippen molar-refractivity contribution in [2.45, 2.75) is 83.0 Å². The van der Waals surface area contributed by atoms with Crippen LogP contribution >= 0.6 is 11.8 Å². The van der Waals surface area contributed by atoms with Crippen molar-refractivity contribution >= 4 is 51.1 Å². The van der Waals surface area contributed by atoms with Crippen molar-refractivity contribution in [2.24, 2.45) is 11.8 Å². The lowest BCUT2D eigenvalue weighted by molar-refractivity contribution is -0.131. The number of anilines is 1. The molecule has 3 aromatic rings. The molecule has 0 radical (unpaired) electrons. The van der Waals surface area contributed by atoms with E-state index in [4.69, 9.17) is 4.74 Å². The third-order valence-electron chi connectivity index (χ3n) is 9.32. The van der Waals surface area contributed by atoms with Gasteiger partial charge in [0.2, 0.25) is 15.9 Å². The van der Waals surface area contributed by atoms with E-state index in [2.05, 4.69) is 21.3 Å². The zero-order valence-electron chi connectivity index (χ0n) is 32.4. The van der Waals surface area contributed by atoms with Crippen LogP contribution < -0.4 is 25.6 Å². The first-order valence-corrected chi connectivity index (χ1v) is 21.0. The van der Waals surface area contributed by atoms with E-state index >= 15 is 0 Å². The van der Waals surface area contributed by atoms with E-state index in [-0.39, 0.29) is 53.5 Å². The van der Waals surface area contributed by atoms with Crippen LogP contribution in [0.2, 0.25) is 0 Å². The number of carbonyl (C=O) groups excluding carboxylic acids is 4. The summed E-state index contributed by atoms with van der Waals surface area (Å²) in [6, 6.07) is 19.5. The van der Waals surface area contributed by atoms with Crippen LogP contribution in [0.15, 0.2) is 72.8 Å². The topological polar surface area (TPSA) is 183 Å². The summed E-state index contributed by atoms with van der Waals surface area (Å²) in [6.07, 6.45) is -0.368. The summed E-state index contributed by atoms with van der Waals surface area (Å²) in [6.45, 7) is 9.63. The number of sulfonamides is 1. The molecule has 55 heavy (non-hydrogen) atoms. The summed E-state index contributed by atoms with van der Waals surface area (Å²) in [5.41, 5.74) is 2.63. The van der Waals surface area contributed by atoms with Crippen molar-refractivity contribution in [1.82, 2.24) is 21.3 Å². The Morgan fingerprint density at radius 2 is 1.60 bits per heavy atom. The minimum Gasteiger partial charge on any atom is -0.391 e. The van der Waals surface area contributed by atoms with Crippen LogP contribution in [0.4, 0.5) is 5.69 Å². The predicted octanol–water partition coefficient (Wildman–Crippen LogP) is 4.13. The average molecular weight is 796 g/mol. The molecule has 1 aliphatic heterocycles. The van der Waals surface area contributed by atoms with Crippen LogP contribution in [0.5, 0.6) is 0 Å². The standard InChI is InChI=1S/C40H53N5O8S2/c1-24(2)33(38(49)44-40(54-25(3)4)39(50)41-21-27-12-9-8-10-13-27)20-35(46)34-23-53-22-28-14-11-15-29(16-28)26(5)42-36(47)30-17-31(37(48)43-34)19-32(18-30)45(6)55(7,51)52/h8-19,24-26,33-35,40,46H,20-23H2,1-7H3,(H,41,50)(H,42,47)(H,43,48)(H,44,49)/t26?,33-,34-,35-,40-/m0/s1. The Bertz CT molecular complexity index is 1930. The van der Waals surface area contributed by atoms with E-state index in [9.17, 15) is 32.7 Å². The molecule has 0 spiro atoms. The Kier molecular flexibility index (Phi) is 15.3. The van der Waals surface area contributed by atoms with Gasteiger partial charge in [-0.2, -0.15) is 0 Å². The molecule has 1 unspecified atom stereocenters. The zero-order valence-corrected chi connectivity index (χ0v) is 34.0. The molecule has 0 aliphatic carbocycles. The summed E-state index contributed by atoms with van der Waals surface area (Å²) in [4.78, 5) is 54.6. The van der Waals surface area contributed by atoms with Crippen molar-refractivity contribution < 1.29 is 37.4 Å². The van der Waals surface area contributed by atoms with E-state index in [0.29, 0.717) is 6.54 Å². The second-order valence-corrected chi connectivity index (χ2v) is 18.2. The maximum absolute atomic E-state index is 13.9. The monoisotopic (exact) mass is 795 g/mol. The van der Waals surface area contributed by atoms with E-state index in [1.54, 1.807) is 0 Å². The minimum atomic E-state index is -3.77. The lowest BCUT2D eigenvalue weighted by atomic mass is 9.87. The summed E-state index contributed by atoms with van der Waals surface area (Å²) in [5, 5.41) is 22.4. The highest BCUT2D eigenvalue weighted by Gasteiger charge is 2.33. The van der Waals surface area contributed by atoms with Crippen LogP contribution in [0.3, 0.4) is 0 Å². The third-order valence-corrected chi connectivity index (χ3v) is 11.7. The van der Waals surface area contributed by atoms with Gasteiger partial charge in [0.15, 0.2) is 5.37 Å². The number of nitrogens with zero attached hydrogens (tertiary/aromatic N) is 1. The highest BCUT2D eigenvalue weighted by molar-refractivity contribution is 8.01. The molecule has 5 atom stereocenters. The van der Waals surface area contributed by atoms with Crippen molar-refractivity contribution in [3.8, 4) is 0 Å². The molecule has 5 N–H and O–H groups in total. The minimum absolute atomic E-state index is 0.0171. The quantitative estimate of drug-likeness (QED) is 0.159. The fourth-order valence-corrected chi connectivity index (χ4v) is 7.44. The number of hydrogen-bond acceptors (Lipinski definition) is 9.